The summed E-state index contributed by atoms with van der Waals surface area (Å²) in [5.41, 5.74) is 2.84. The van der Waals surface area contributed by atoms with Crippen LogP contribution in [0.25, 0.3) is 0 Å². The Morgan fingerprint density at radius 2 is 1.55 bits per heavy atom. The minimum Gasteiger partial charge on any atom is -0.508 e. The molecule has 0 atom stereocenters. The number of ketones is 1. The maximum atomic E-state index is 12.5. The number of aromatic hydroxyl groups is 1. The first kappa shape index (κ1) is 12.4. The van der Waals surface area contributed by atoms with Crippen LogP contribution in [0.5, 0.6) is 5.75 Å². The summed E-state index contributed by atoms with van der Waals surface area (Å²) in [6, 6.07) is 9.28. The molecule has 3 rings (SSSR count). The Kier molecular flexibility index (Phi) is 2.79. The van der Waals surface area contributed by atoms with Gasteiger partial charge in [0.2, 0.25) is 0 Å². The summed E-state index contributed by atoms with van der Waals surface area (Å²) < 4.78 is 0. The van der Waals surface area contributed by atoms with E-state index in [9.17, 15) is 14.7 Å². The Labute approximate surface area is 115 Å². The van der Waals surface area contributed by atoms with Crippen LogP contribution in [-0.2, 0) is 12.8 Å². The number of phenols is 1. The first-order valence-corrected chi connectivity index (χ1v) is 6.29. The molecule has 20 heavy (non-hydrogen) atoms. The van der Waals surface area contributed by atoms with Gasteiger partial charge in [0.1, 0.15) is 5.75 Å². The maximum absolute atomic E-state index is 12.5. The Morgan fingerprint density at radius 1 is 0.950 bits per heavy atom. The molecule has 0 saturated carbocycles. The lowest BCUT2D eigenvalue weighted by atomic mass is 9.97. The first-order chi connectivity index (χ1) is 9.56. The van der Waals surface area contributed by atoms with E-state index in [0.717, 1.165) is 11.1 Å². The van der Waals surface area contributed by atoms with Crippen LogP contribution in [0.3, 0.4) is 0 Å². The topological polar surface area (TPSA) is 74.6 Å². The number of hydrogen-bond donors (Lipinski definition) is 2. The number of carbonyl (C=O) groups excluding carboxylic acids is 1. The van der Waals surface area contributed by atoms with Crippen LogP contribution < -0.4 is 0 Å². The smallest absolute Gasteiger partial charge is 0.335 e. The van der Waals surface area contributed by atoms with Crippen LogP contribution in [0.4, 0.5) is 0 Å². The maximum Gasteiger partial charge on any atom is 0.335 e. The van der Waals surface area contributed by atoms with Crippen LogP contribution in [0.15, 0.2) is 36.4 Å². The standard InChI is InChI=1S/C16H12O4/c17-12-4-6-14-10(8-12)2-1-9-7-11(16(19)20)3-5-13(9)15(14)18/h3-8,17H,1-2H2,(H,19,20). The molecule has 0 amide bonds. The fraction of sp³-hybridized carbons (Fsp3) is 0.125. The highest BCUT2D eigenvalue weighted by atomic mass is 16.4. The molecule has 2 aromatic rings. The third-order valence-electron chi connectivity index (χ3n) is 3.59. The molecule has 0 heterocycles. The van der Waals surface area contributed by atoms with E-state index >= 15 is 0 Å². The molecule has 0 spiro atoms. The van der Waals surface area contributed by atoms with E-state index < -0.39 is 5.97 Å². The van der Waals surface area contributed by atoms with E-state index in [2.05, 4.69) is 0 Å². The van der Waals surface area contributed by atoms with Crippen LogP contribution in [0.2, 0.25) is 0 Å². The number of carboxylic acid groups (broad SMARTS) is 1. The van der Waals surface area contributed by atoms with Crippen molar-refractivity contribution in [2.75, 3.05) is 0 Å². The van der Waals surface area contributed by atoms with Crippen molar-refractivity contribution in [3.63, 3.8) is 0 Å². The molecule has 0 aliphatic heterocycles. The van der Waals surface area contributed by atoms with Gasteiger partial charge in [0.25, 0.3) is 0 Å². The fourth-order valence-corrected chi connectivity index (χ4v) is 2.58. The summed E-state index contributed by atoms with van der Waals surface area (Å²) in [5.74, 6) is -0.988. The van der Waals surface area contributed by atoms with Crippen molar-refractivity contribution in [3.8, 4) is 5.75 Å². The zero-order valence-electron chi connectivity index (χ0n) is 10.6. The summed E-state index contributed by atoms with van der Waals surface area (Å²) in [6.45, 7) is 0. The molecule has 0 unspecified atom stereocenters. The second-order valence-electron chi connectivity index (χ2n) is 4.85. The predicted molar refractivity (Wildman–Crippen MR) is 72.3 cm³/mol. The molecule has 0 bridgehead atoms. The number of benzene rings is 2. The number of aryl methyl sites for hydroxylation is 2. The number of carboxylic acids is 1. The molecular weight excluding hydrogens is 256 g/mol. The van der Waals surface area contributed by atoms with Crippen LogP contribution in [-0.4, -0.2) is 22.0 Å². The van der Waals surface area contributed by atoms with Gasteiger partial charge in [-0.2, -0.15) is 0 Å². The SMILES string of the molecule is O=C(O)c1ccc2c(c1)CCc1cc(O)ccc1C2=O. The number of hydrogen-bond acceptors (Lipinski definition) is 3. The highest BCUT2D eigenvalue weighted by Crippen LogP contribution is 2.27. The van der Waals surface area contributed by atoms with E-state index in [4.69, 9.17) is 5.11 Å². The lowest BCUT2D eigenvalue weighted by Crippen LogP contribution is -2.06. The van der Waals surface area contributed by atoms with Gasteiger partial charge >= 0.3 is 5.97 Å². The molecule has 4 nitrogen and oxygen atoms in total. The number of rotatable bonds is 1. The van der Waals surface area contributed by atoms with Gasteiger partial charge in [0.05, 0.1) is 5.56 Å². The Bertz CT molecular complexity index is 731. The quantitative estimate of drug-likeness (QED) is 0.833. The monoisotopic (exact) mass is 268 g/mol. The number of phenolic OH excluding ortho intramolecular Hbond substituents is 1. The lowest BCUT2D eigenvalue weighted by Gasteiger charge is -2.06. The van der Waals surface area contributed by atoms with E-state index in [1.807, 2.05) is 0 Å². The third-order valence-corrected chi connectivity index (χ3v) is 3.59. The van der Waals surface area contributed by atoms with Crippen molar-refractivity contribution >= 4 is 11.8 Å². The van der Waals surface area contributed by atoms with Gasteiger partial charge in [0.15, 0.2) is 5.78 Å². The van der Waals surface area contributed by atoms with Gasteiger partial charge in [-0.3, -0.25) is 4.79 Å². The molecule has 0 fully saturated rings. The van der Waals surface area contributed by atoms with E-state index in [0.29, 0.717) is 24.0 Å². The molecule has 4 heteroatoms. The largest absolute Gasteiger partial charge is 0.508 e. The second kappa shape index (κ2) is 4.49. The van der Waals surface area contributed by atoms with Gasteiger partial charge in [-0.25, -0.2) is 4.79 Å². The molecule has 2 N–H and O–H groups in total. The lowest BCUT2D eigenvalue weighted by molar-refractivity contribution is 0.0696. The Hall–Kier alpha value is -2.62. The molecule has 0 saturated heterocycles. The van der Waals surface area contributed by atoms with Gasteiger partial charge < -0.3 is 10.2 Å². The van der Waals surface area contributed by atoms with Gasteiger partial charge in [0, 0.05) is 11.1 Å². The van der Waals surface area contributed by atoms with Crippen molar-refractivity contribution in [3.05, 3.63) is 64.2 Å². The van der Waals surface area contributed by atoms with Crippen LogP contribution in [0.1, 0.15) is 37.4 Å². The number of carbonyl (C=O) groups is 2. The van der Waals surface area contributed by atoms with Gasteiger partial charge in [-0.15, -0.1) is 0 Å². The minimum absolute atomic E-state index is 0.121. The normalized spacial score (nSPS) is 13.3. The van der Waals surface area contributed by atoms with E-state index in [1.54, 1.807) is 24.3 Å². The average Bonchev–Trinajstić information content (AvgIpc) is 2.56. The molecular formula is C16H12O4. The summed E-state index contributed by atoms with van der Waals surface area (Å²) in [6.07, 6.45) is 1.18. The van der Waals surface area contributed by atoms with Crippen LogP contribution in [0, 0.1) is 0 Å². The predicted octanol–water partition coefficient (Wildman–Crippen LogP) is 2.42. The molecule has 0 radical (unpaired) electrons. The van der Waals surface area contributed by atoms with Gasteiger partial charge in [-0.05, 0) is 60.4 Å². The highest BCUT2D eigenvalue weighted by Gasteiger charge is 2.22. The number of aromatic carboxylic acids is 1. The zero-order chi connectivity index (χ0) is 14.3. The summed E-state index contributed by atoms with van der Waals surface area (Å²) in [4.78, 5) is 23.5. The van der Waals surface area contributed by atoms with Crippen molar-refractivity contribution in [2.24, 2.45) is 0 Å². The Balaban J connectivity index is 2.14. The van der Waals surface area contributed by atoms with Crippen molar-refractivity contribution < 1.29 is 19.8 Å². The highest BCUT2D eigenvalue weighted by molar-refractivity contribution is 6.11. The van der Waals surface area contributed by atoms with E-state index in [1.165, 1.54) is 12.1 Å². The summed E-state index contributed by atoms with van der Waals surface area (Å²) in [7, 11) is 0. The summed E-state index contributed by atoms with van der Waals surface area (Å²) >= 11 is 0. The van der Waals surface area contributed by atoms with Crippen molar-refractivity contribution in [1.82, 2.24) is 0 Å². The molecule has 0 aromatic heterocycles. The zero-order valence-corrected chi connectivity index (χ0v) is 10.6. The molecule has 2 aromatic carbocycles. The molecule has 100 valence electrons. The molecule has 1 aliphatic rings. The summed E-state index contributed by atoms with van der Waals surface area (Å²) in [5, 5.41) is 18.5. The fourth-order valence-electron chi connectivity index (χ4n) is 2.58. The van der Waals surface area contributed by atoms with Gasteiger partial charge in [-0.1, -0.05) is 0 Å². The van der Waals surface area contributed by atoms with E-state index in [-0.39, 0.29) is 17.1 Å². The first-order valence-electron chi connectivity index (χ1n) is 6.29. The van der Waals surface area contributed by atoms with Crippen molar-refractivity contribution in [1.29, 1.82) is 0 Å². The third kappa shape index (κ3) is 1.95. The van der Waals surface area contributed by atoms with Crippen LogP contribution >= 0.6 is 0 Å². The minimum atomic E-state index is -1.00. The molecule has 1 aliphatic carbocycles. The van der Waals surface area contributed by atoms with Crippen molar-refractivity contribution in [2.45, 2.75) is 12.8 Å². The average molecular weight is 268 g/mol. The Morgan fingerprint density at radius 3 is 2.20 bits per heavy atom. The number of fused-ring (bicyclic) bond motifs is 2. The second-order valence-corrected chi connectivity index (χ2v) is 4.85.